The van der Waals surface area contributed by atoms with Crippen molar-refractivity contribution in [3.63, 3.8) is 0 Å². The molecule has 0 saturated carbocycles. The monoisotopic (exact) mass is 287 g/mol. The van der Waals surface area contributed by atoms with Crippen LogP contribution in [0.4, 0.5) is 0 Å². The first-order chi connectivity index (χ1) is 9.78. The number of thiophene rings is 1. The highest BCUT2D eigenvalue weighted by Crippen LogP contribution is 2.33. The van der Waals surface area contributed by atoms with Crippen LogP contribution in [0.1, 0.15) is 42.3 Å². The molecule has 20 heavy (non-hydrogen) atoms. The van der Waals surface area contributed by atoms with Gasteiger partial charge in [0, 0.05) is 11.3 Å². The average Bonchev–Trinajstić information content (AvgIpc) is 3.07. The van der Waals surface area contributed by atoms with Gasteiger partial charge in [0.1, 0.15) is 11.9 Å². The number of ether oxygens (including phenoxy) is 1. The van der Waals surface area contributed by atoms with Crippen molar-refractivity contribution in [3.05, 3.63) is 51.7 Å². The van der Waals surface area contributed by atoms with E-state index < -0.39 is 0 Å². The molecule has 1 aliphatic rings. The Hall–Kier alpha value is -1.32. The minimum absolute atomic E-state index is 0.302. The molecule has 1 aliphatic heterocycles. The lowest BCUT2D eigenvalue weighted by Gasteiger charge is -2.18. The molecule has 0 bridgehead atoms. The van der Waals surface area contributed by atoms with Gasteiger partial charge in [0.2, 0.25) is 0 Å². The molecule has 2 unspecified atom stereocenters. The lowest BCUT2D eigenvalue weighted by molar-refractivity contribution is 0.254. The first-order valence-corrected chi connectivity index (χ1v) is 8.22. The third-order valence-corrected chi connectivity index (χ3v) is 4.62. The van der Waals surface area contributed by atoms with Gasteiger partial charge in [0.15, 0.2) is 0 Å². The highest BCUT2D eigenvalue weighted by molar-refractivity contribution is 7.10. The summed E-state index contributed by atoms with van der Waals surface area (Å²) in [5, 5.41) is 5.81. The predicted molar refractivity (Wildman–Crippen MR) is 84.7 cm³/mol. The molecular formula is C17H21NOS. The van der Waals surface area contributed by atoms with E-state index in [1.165, 1.54) is 16.0 Å². The van der Waals surface area contributed by atoms with Crippen LogP contribution in [0, 0.1) is 0 Å². The van der Waals surface area contributed by atoms with E-state index in [0.29, 0.717) is 12.1 Å². The van der Waals surface area contributed by atoms with E-state index in [1.54, 1.807) is 0 Å². The van der Waals surface area contributed by atoms with Crippen LogP contribution >= 0.6 is 11.3 Å². The maximum absolute atomic E-state index is 5.80. The van der Waals surface area contributed by atoms with Crippen LogP contribution in [0.3, 0.4) is 0 Å². The lowest BCUT2D eigenvalue weighted by atomic mass is 10.0. The van der Waals surface area contributed by atoms with Crippen molar-refractivity contribution >= 4 is 11.3 Å². The van der Waals surface area contributed by atoms with Crippen molar-refractivity contribution in [1.29, 1.82) is 0 Å². The Balaban J connectivity index is 1.90. The minimum Gasteiger partial charge on any atom is -0.490 e. The van der Waals surface area contributed by atoms with Crippen molar-refractivity contribution in [2.24, 2.45) is 0 Å². The Bertz CT molecular complexity index is 564. The van der Waals surface area contributed by atoms with Crippen molar-refractivity contribution in [3.8, 4) is 5.75 Å². The molecule has 1 aromatic carbocycles. The average molecular weight is 287 g/mol. The summed E-state index contributed by atoms with van der Waals surface area (Å²) in [6.07, 6.45) is 2.48. The highest BCUT2D eigenvalue weighted by atomic mass is 32.1. The molecule has 2 heterocycles. The van der Waals surface area contributed by atoms with Gasteiger partial charge in [-0.3, -0.25) is 0 Å². The molecule has 2 atom stereocenters. The van der Waals surface area contributed by atoms with Crippen LogP contribution in [0.5, 0.6) is 5.75 Å². The van der Waals surface area contributed by atoms with Crippen molar-refractivity contribution in [2.75, 3.05) is 6.54 Å². The fraction of sp³-hybridized carbons (Fsp3) is 0.412. The van der Waals surface area contributed by atoms with Gasteiger partial charge in [-0.1, -0.05) is 25.1 Å². The smallest absolute Gasteiger partial charge is 0.123 e. The summed E-state index contributed by atoms with van der Waals surface area (Å²) in [7, 11) is 0. The summed E-state index contributed by atoms with van der Waals surface area (Å²) in [4.78, 5) is 1.38. The van der Waals surface area contributed by atoms with Gasteiger partial charge in [-0.05, 0) is 48.5 Å². The summed E-state index contributed by atoms with van der Waals surface area (Å²) < 4.78 is 5.80. The molecule has 0 fully saturated rings. The van der Waals surface area contributed by atoms with E-state index in [2.05, 4.69) is 54.9 Å². The maximum Gasteiger partial charge on any atom is 0.123 e. The standard InChI is InChI=1S/C17H21NOS/c1-3-8-18-17(16-5-4-9-20-16)13-6-7-15-14(11-13)10-12(2)19-15/h4-7,9,11-12,17-18H,3,8,10H2,1-2H3. The second-order valence-corrected chi connectivity index (χ2v) is 6.38. The van der Waals surface area contributed by atoms with Crippen LogP contribution in [0.15, 0.2) is 35.7 Å². The van der Waals surface area contributed by atoms with E-state index in [-0.39, 0.29) is 0 Å². The summed E-state index contributed by atoms with van der Waals surface area (Å²) in [6.45, 7) is 5.37. The summed E-state index contributed by atoms with van der Waals surface area (Å²) in [5.74, 6) is 1.06. The zero-order valence-electron chi connectivity index (χ0n) is 12.1. The van der Waals surface area contributed by atoms with E-state index in [1.807, 2.05) is 11.3 Å². The van der Waals surface area contributed by atoms with Crippen LogP contribution in [0.25, 0.3) is 0 Å². The molecule has 2 aromatic rings. The van der Waals surface area contributed by atoms with E-state index in [4.69, 9.17) is 4.74 Å². The molecular weight excluding hydrogens is 266 g/mol. The number of hydrogen-bond donors (Lipinski definition) is 1. The summed E-state index contributed by atoms with van der Waals surface area (Å²) in [5.41, 5.74) is 2.69. The first kappa shape index (κ1) is 13.7. The number of nitrogens with one attached hydrogen (secondary N) is 1. The van der Waals surface area contributed by atoms with E-state index >= 15 is 0 Å². The van der Waals surface area contributed by atoms with Gasteiger partial charge in [0.25, 0.3) is 0 Å². The molecule has 1 aromatic heterocycles. The first-order valence-electron chi connectivity index (χ1n) is 7.34. The van der Waals surface area contributed by atoms with Gasteiger partial charge in [-0.15, -0.1) is 11.3 Å². The lowest BCUT2D eigenvalue weighted by Crippen LogP contribution is -2.22. The predicted octanol–water partition coefficient (Wildman–Crippen LogP) is 4.16. The fourth-order valence-electron chi connectivity index (χ4n) is 2.75. The van der Waals surface area contributed by atoms with Crippen LogP contribution in [0.2, 0.25) is 0 Å². The van der Waals surface area contributed by atoms with Gasteiger partial charge < -0.3 is 10.1 Å². The Kier molecular flexibility index (Phi) is 4.08. The molecule has 3 heteroatoms. The second-order valence-electron chi connectivity index (χ2n) is 5.40. The third-order valence-electron chi connectivity index (χ3n) is 3.68. The molecule has 0 radical (unpaired) electrons. The molecule has 0 spiro atoms. The Labute approximate surface area is 124 Å². The van der Waals surface area contributed by atoms with Crippen LogP contribution in [-0.4, -0.2) is 12.6 Å². The molecule has 0 amide bonds. The third kappa shape index (κ3) is 2.74. The molecule has 0 aliphatic carbocycles. The zero-order chi connectivity index (χ0) is 13.9. The van der Waals surface area contributed by atoms with Crippen LogP contribution in [-0.2, 0) is 6.42 Å². The van der Waals surface area contributed by atoms with Gasteiger partial charge in [0.05, 0.1) is 6.04 Å². The topological polar surface area (TPSA) is 21.3 Å². The Morgan fingerprint density at radius 3 is 3.05 bits per heavy atom. The number of fused-ring (bicyclic) bond motifs is 1. The van der Waals surface area contributed by atoms with Gasteiger partial charge >= 0.3 is 0 Å². The zero-order valence-corrected chi connectivity index (χ0v) is 12.9. The largest absolute Gasteiger partial charge is 0.490 e. The van der Waals surface area contributed by atoms with Gasteiger partial charge in [-0.25, -0.2) is 0 Å². The SMILES string of the molecule is CCCNC(c1ccc2c(c1)CC(C)O2)c1cccs1. The molecule has 0 saturated heterocycles. The molecule has 1 N–H and O–H groups in total. The van der Waals surface area contributed by atoms with E-state index in [0.717, 1.165) is 25.1 Å². The number of benzene rings is 1. The number of hydrogen-bond acceptors (Lipinski definition) is 3. The summed E-state index contributed by atoms with van der Waals surface area (Å²) in [6, 6.07) is 11.3. The number of rotatable bonds is 5. The Morgan fingerprint density at radius 1 is 1.40 bits per heavy atom. The van der Waals surface area contributed by atoms with Crippen molar-refractivity contribution < 1.29 is 4.74 Å². The quantitative estimate of drug-likeness (QED) is 0.891. The fourth-order valence-corrected chi connectivity index (χ4v) is 3.58. The maximum atomic E-state index is 5.80. The normalized spacial score (nSPS) is 18.6. The molecule has 3 rings (SSSR count). The summed E-state index contributed by atoms with van der Waals surface area (Å²) >= 11 is 1.82. The second kappa shape index (κ2) is 5.98. The van der Waals surface area contributed by atoms with Crippen molar-refractivity contribution in [2.45, 2.75) is 38.8 Å². The molecule has 106 valence electrons. The minimum atomic E-state index is 0.302. The van der Waals surface area contributed by atoms with Crippen LogP contribution < -0.4 is 10.1 Å². The molecule has 2 nitrogen and oxygen atoms in total. The highest BCUT2D eigenvalue weighted by Gasteiger charge is 2.22. The Morgan fingerprint density at radius 2 is 2.30 bits per heavy atom. The van der Waals surface area contributed by atoms with E-state index in [9.17, 15) is 0 Å². The van der Waals surface area contributed by atoms with Gasteiger partial charge in [-0.2, -0.15) is 0 Å². The van der Waals surface area contributed by atoms with Crippen molar-refractivity contribution in [1.82, 2.24) is 5.32 Å².